The Hall–Kier alpha value is -1.10. The molecule has 98 valence electrons. The van der Waals surface area contributed by atoms with Gasteiger partial charge in [-0.25, -0.2) is 0 Å². The van der Waals surface area contributed by atoms with E-state index in [1.807, 2.05) is 0 Å². The number of carboxylic acids is 1. The van der Waals surface area contributed by atoms with E-state index in [9.17, 15) is 14.7 Å². The summed E-state index contributed by atoms with van der Waals surface area (Å²) in [6.45, 7) is 4.25. The minimum Gasteiger partial charge on any atom is -0.480 e. The lowest BCUT2D eigenvalue weighted by atomic mass is 9.73. The Kier molecular flexibility index (Phi) is 4.51. The summed E-state index contributed by atoms with van der Waals surface area (Å²) in [4.78, 5) is 22.1. The number of nitrogens with one attached hydrogen (secondary N) is 1. The topological polar surface area (TPSA) is 92.4 Å². The van der Waals surface area contributed by atoms with Gasteiger partial charge in [0, 0.05) is 0 Å². The van der Waals surface area contributed by atoms with Crippen LogP contribution in [0, 0.1) is 11.8 Å². The first-order chi connectivity index (χ1) is 7.87. The third-order valence-corrected chi connectivity index (χ3v) is 3.84. The van der Waals surface area contributed by atoms with Crippen LogP contribution >= 0.6 is 0 Å². The summed E-state index contributed by atoms with van der Waals surface area (Å²) in [7, 11) is 0. The summed E-state index contributed by atoms with van der Waals surface area (Å²) in [5.41, 5.74) is 4.09. The van der Waals surface area contributed by atoms with E-state index in [1.165, 1.54) is 0 Å². The van der Waals surface area contributed by atoms with Gasteiger partial charge in [-0.15, -0.1) is 0 Å². The molecule has 0 unspecified atom stereocenters. The molecule has 0 aromatic carbocycles. The second-order valence-electron chi connectivity index (χ2n) is 5.29. The Morgan fingerprint density at radius 2 is 1.94 bits per heavy atom. The molecule has 0 atom stereocenters. The molecule has 4 N–H and O–H groups in total. The van der Waals surface area contributed by atoms with Crippen LogP contribution in [-0.2, 0) is 9.59 Å². The van der Waals surface area contributed by atoms with Gasteiger partial charge in [-0.05, 0) is 37.5 Å². The first-order valence-electron chi connectivity index (χ1n) is 6.14. The number of carboxylic acid groups (broad SMARTS) is 1. The lowest BCUT2D eigenvalue weighted by molar-refractivity contribution is -0.147. The number of nitrogens with two attached hydrogens (primary N) is 1. The fraction of sp³-hybridized carbons (Fsp3) is 0.833. The van der Waals surface area contributed by atoms with Crippen molar-refractivity contribution in [3.8, 4) is 0 Å². The van der Waals surface area contributed by atoms with Crippen molar-refractivity contribution < 1.29 is 14.7 Å². The summed E-state index contributed by atoms with van der Waals surface area (Å²) < 4.78 is 0. The van der Waals surface area contributed by atoms with Gasteiger partial charge in [0.15, 0.2) is 0 Å². The molecule has 17 heavy (non-hydrogen) atoms. The molecule has 0 radical (unpaired) electrons. The summed E-state index contributed by atoms with van der Waals surface area (Å²) in [5, 5.41) is 12.1. The van der Waals surface area contributed by atoms with Crippen molar-refractivity contribution in [1.82, 2.24) is 5.32 Å². The van der Waals surface area contributed by atoms with Crippen molar-refractivity contribution in [2.24, 2.45) is 17.6 Å². The lowest BCUT2D eigenvalue weighted by Gasteiger charge is -2.38. The second-order valence-corrected chi connectivity index (χ2v) is 5.29. The summed E-state index contributed by atoms with van der Waals surface area (Å²) in [5.74, 6) is -0.228. The molecule has 0 bridgehead atoms. The highest BCUT2D eigenvalue weighted by atomic mass is 16.4. The molecule has 1 amide bonds. The maximum atomic E-state index is 11.4. The Balaban J connectivity index is 2.63. The highest BCUT2D eigenvalue weighted by Crippen LogP contribution is 2.35. The van der Waals surface area contributed by atoms with Gasteiger partial charge in [-0.3, -0.25) is 14.9 Å². The normalized spacial score (nSPS) is 29.2. The maximum absolute atomic E-state index is 11.4. The lowest BCUT2D eigenvalue weighted by Crippen LogP contribution is -2.56. The molecule has 0 aliphatic heterocycles. The Bertz CT molecular complexity index is 294. The van der Waals surface area contributed by atoms with E-state index in [0.29, 0.717) is 24.7 Å². The van der Waals surface area contributed by atoms with E-state index in [2.05, 4.69) is 19.2 Å². The zero-order valence-electron chi connectivity index (χ0n) is 10.5. The van der Waals surface area contributed by atoms with Crippen molar-refractivity contribution in [2.75, 3.05) is 6.54 Å². The van der Waals surface area contributed by atoms with E-state index in [-0.39, 0.29) is 6.54 Å². The van der Waals surface area contributed by atoms with Gasteiger partial charge in [0.05, 0.1) is 6.54 Å². The fourth-order valence-electron chi connectivity index (χ4n) is 2.52. The second kappa shape index (κ2) is 5.49. The molecule has 1 saturated carbocycles. The monoisotopic (exact) mass is 242 g/mol. The molecular formula is C12H22N2O3. The van der Waals surface area contributed by atoms with E-state index in [0.717, 1.165) is 12.8 Å². The van der Waals surface area contributed by atoms with Gasteiger partial charge in [0.2, 0.25) is 5.91 Å². The number of rotatable bonds is 5. The molecule has 5 nitrogen and oxygen atoms in total. The minimum atomic E-state index is -0.958. The summed E-state index contributed by atoms with van der Waals surface area (Å²) in [6, 6.07) is 0. The number of primary amides is 1. The predicted molar refractivity (Wildman–Crippen MR) is 64.4 cm³/mol. The van der Waals surface area contributed by atoms with Crippen LogP contribution in [0.15, 0.2) is 0 Å². The van der Waals surface area contributed by atoms with Crippen molar-refractivity contribution in [1.29, 1.82) is 0 Å². The van der Waals surface area contributed by atoms with Crippen molar-refractivity contribution in [3.63, 3.8) is 0 Å². The zero-order chi connectivity index (χ0) is 13.1. The summed E-state index contributed by atoms with van der Waals surface area (Å²) >= 11 is 0. The van der Waals surface area contributed by atoms with Crippen molar-refractivity contribution in [2.45, 2.75) is 45.1 Å². The predicted octanol–water partition coefficient (Wildman–Crippen LogP) is 0.731. The van der Waals surface area contributed by atoms with Crippen LogP contribution in [-0.4, -0.2) is 29.1 Å². The van der Waals surface area contributed by atoms with E-state index in [1.54, 1.807) is 0 Å². The third-order valence-electron chi connectivity index (χ3n) is 3.84. The molecule has 0 aromatic rings. The Morgan fingerprint density at radius 3 is 2.29 bits per heavy atom. The van der Waals surface area contributed by atoms with E-state index < -0.39 is 17.4 Å². The van der Waals surface area contributed by atoms with Gasteiger partial charge in [0.1, 0.15) is 5.54 Å². The first-order valence-corrected chi connectivity index (χ1v) is 6.14. The summed E-state index contributed by atoms with van der Waals surface area (Å²) in [6.07, 6.45) is 2.91. The van der Waals surface area contributed by atoms with Gasteiger partial charge in [0.25, 0.3) is 0 Å². The Labute approximate surface area is 102 Å². The number of carbonyl (C=O) groups is 2. The largest absolute Gasteiger partial charge is 0.480 e. The van der Waals surface area contributed by atoms with Crippen LogP contribution in [0.4, 0.5) is 0 Å². The number of hydrogen-bond acceptors (Lipinski definition) is 3. The van der Waals surface area contributed by atoms with Gasteiger partial charge >= 0.3 is 5.97 Å². The molecule has 0 heterocycles. The molecule has 0 saturated heterocycles. The SMILES string of the molecule is CC(C)C1CCC(NCC(N)=O)(C(=O)O)CC1. The average Bonchev–Trinajstić information content (AvgIpc) is 2.26. The van der Waals surface area contributed by atoms with Gasteiger partial charge < -0.3 is 10.8 Å². The smallest absolute Gasteiger partial charge is 0.323 e. The van der Waals surface area contributed by atoms with E-state index >= 15 is 0 Å². The number of carbonyl (C=O) groups excluding carboxylic acids is 1. The van der Waals surface area contributed by atoms with Crippen LogP contribution in [0.5, 0.6) is 0 Å². The van der Waals surface area contributed by atoms with Crippen LogP contribution in [0.25, 0.3) is 0 Å². The standard InChI is InChI=1S/C12H22N2O3/c1-8(2)9-3-5-12(6-4-9,11(16)17)14-7-10(13)15/h8-9,14H,3-7H2,1-2H3,(H2,13,15)(H,16,17). The molecule has 5 heteroatoms. The quantitative estimate of drug-likeness (QED) is 0.662. The fourth-order valence-corrected chi connectivity index (χ4v) is 2.52. The third kappa shape index (κ3) is 3.43. The zero-order valence-corrected chi connectivity index (χ0v) is 10.5. The molecule has 1 aliphatic carbocycles. The van der Waals surface area contributed by atoms with Gasteiger partial charge in [-0.1, -0.05) is 13.8 Å². The first kappa shape index (κ1) is 14.0. The minimum absolute atomic E-state index is 0.0708. The van der Waals surface area contributed by atoms with Crippen LogP contribution in [0.2, 0.25) is 0 Å². The molecule has 1 rings (SSSR count). The molecule has 0 aromatic heterocycles. The van der Waals surface area contributed by atoms with Crippen LogP contribution in [0.3, 0.4) is 0 Å². The number of amides is 1. The maximum Gasteiger partial charge on any atom is 0.323 e. The van der Waals surface area contributed by atoms with Gasteiger partial charge in [-0.2, -0.15) is 0 Å². The molecular weight excluding hydrogens is 220 g/mol. The highest BCUT2D eigenvalue weighted by molar-refractivity contribution is 5.81. The van der Waals surface area contributed by atoms with Crippen molar-refractivity contribution >= 4 is 11.9 Å². The van der Waals surface area contributed by atoms with Crippen molar-refractivity contribution in [3.05, 3.63) is 0 Å². The highest BCUT2D eigenvalue weighted by Gasteiger charge is 2.42. The van der Waals surface area contributed by atoms with Crippen LogP contribution in [0.1, 0.15) is 39.5 Å². The number of hydrogen-bond donors (Lipinski definition) is 3. The Morgan fingerprint density at radius 1 is 1.41 bits per heavy atom. The molecule has 0 spiro atoms. The average molecular weight is 242 g/mol. The van der Waals surface area contributed by atoms with E-state index in [4.69, 9.17) is 5.73 Å². The van der Waals surface area contributed by atoms with Crippen LogP contribution < -0.4 is 11.1 Å². The molecule has 1 aliphatic rings. The number of aliphatic carboxylic acids is 1. The molecule has 1 fully saturated rings.